The van der Waals surface area contributed by atoms with E-state index < -0.39 is 0 Å². The predicted molar refractivity (Wildman–Crippen MR) is 59.0 cm³/mol. The van der Waals surface area contributed by atoms with Gasteiger partial charge in [-0.2, -0.15) is 0 Å². The van der Waals surface area contributed by atoms with Crippen LogP contribution in [0.15, 0.2) is 0 Å². The Morgan fingerprint density at radius 3 is 2.62 bits per heavy atom. The highest BCUT2D eigenvalue weighted by Crippen LogP contribution is 2.48. The number of hydrogen-bond donors (Lipinski definition) is 1. The van der Waals surface area contributed by atoms with Crippen LogP contribution in [0.4, 0.5) is 0 Å². The van der Waals surface area contributed by atoms with Crippen molar-refractivity contribution in [3.63, 3.8) is 0 Å². The number of fused-ring (bicyclic) bond motifs is 2. The van der Waals surface area contributed by atoms with Crippen LogP contribution < -0.4 is 0 Å². The molecule has 16 heavy (non-hydrogen) atoms. The zero-order chi connectivity index (χ0) is 11.4. The monoisotopic (exact) mass is 230 g/mol. The predicted octanol–water partition coefficient (Wildman–Crippen LogP) is 1.03. The lowest BCUT2D eigenvalue weighted by Crippen LogP contribution is -2.31. The van der Waals surface area contributed by atoms with Gasteiger partial charge in [0.05, 0.1) is 25.9 Å². The Balaban J connectivity index is 1.56. The van der Waals surface area contributed by atoms with Crippen molar-refractivity contribution in [1.82, 2.24) is 0 Å². The Bertz CT molecular complexity index is 207. The van der Waals surface area contributed by atoms with Crippen LogP contribution in [0.3, 0.4) is 0 Å². The summed E-state index contributed by atoms with van der Waals surface area (Å²) in [6.45, 7) is 2.11. The Labute approximate surface area is 96.9 Å². The summed E-state index contributed by atoms with van der Waals surface area (Å²) in [5, 5.41) is 9.98. The summed E-state index contributed by atoms with van der Waals surface area (Å²) in [4.78, 5) is 0. The van der Waals surface area contributed by atoms with Crippen molar-refractivity contribution >= 4 is 0 Å². The van der Waals surface area contributed by atoms with Gasteiger partial charge >= 0.3 is 0 Å². The van der Waals surface area contributed by atoms with Gasteiger partial charge in [-0.15, -0.1) is 0 Å². The SMILES string of the molecule is COCCOCOC[C@@H]1[C@@H]2CC[C@@H](C2)[C@@H]1O. The molecule has 4 nitrogen and oxygen atoms in total. The Morgan fingerprint density at radius 2 is 1.94 bits per heavy atom. The first-order valence-corrected chi connectivity index (χ1v) is 6.15. The molecular formula is C12H22O4. The molecule has 0 radical (unpaired) electrons. The van der Waals surface area contributed by atoms with Crippen molar-refractivity contribution < 1.29 is 19.3 Å². The summed E-state index contributed by atoms with van der Waals surface area (Å²) >= 11 is 0. The summed E-state index contributed by atoms with van der Waals surface area (Å²) in [5.41, 5.74) is 0. The van der Waals surface area contributed by atoms with Crippen LogP contribution in [-0.4, -0.2) is 44.9 Å². The van der Waals surface area contributed by atoms with E-state index in [1.165, 1.54) is 19.3 Å². The zero-order valence-corrected chi connectivity index (χ0v) is 9.93. The maximum absolute atomic E-state index is 9.98. The third kappa shape index (κ3) is 2.74. The van der Waals surface area contributed by atoms with Crippen molar-refractivity contribution in [2.24, 2.45) is 17.8 Å². The van der Waals surface area contributed by atoms with Crippen LogP contribution in [0.2, 0.25) is 0 Å². The molecule has 2 saturated carbocycles. The Hall–Kier alpha value is -0.160. The molecule has 0 saturated heterocycles. The number of ether oxygens (including phenoxy) is 3. The molecule has 0 spiro atoms. The average Bonchev–Trinajstić information content (AvgIpc) is 2.86. The van der Waals surface area contributed by atoms with Gasteiger partial charge in [-0.1, -0.05) is 0 Å². The number of aliphatic hydroxyl groups is 1. The minimum atomic E-state index is -0.141. The highest BCUT2D eigenvalue weighted by molar-refractivity contribution is 4.96. The second kappa shape index (κ2) is 5.96. The molecule has 2 bridgehead atoms. The summed E-state index contributed by atoms with van der Waals surface area (Å²) in [6, 6.07) is 0. The molecule has 2 fully saturated rings. The van der Waals surface area contributed by atoms with Crippen LogP contribution in [0.1, 0.15) is 19.3 Å². The van der Waals surface area contributed by atoms with E-state index in [-0.39, 0.29) is 6.10 Å². The lowest BCUT2D eigenvalue weighted by atomic mass is 9.87. The Kier molecular flexibility index (Phi) is 4.58. The minimum Gasteiger partial charge on any atom is -0.392 e. The molecule has 2 aliphatic rings. The first kappa shape index (κ1) is 12.3. The quantitative estimate of drug-likeness (QED) is 0.524. The molecule has 4 atom stereocenters. The van der Waals surface area contributed by atoms with Gasteiger partial charge in [0.2, 0.25) is 0 Å². The molecule has 0 aromatic rings. The number of hydrogen-bond acceptors (Lipinski definition) is 4. The largest absolute Gasteiger partial charge is 0.392 e. The second-order valence-corrected chi connectivity index (χ2v) is 4.88. The lowest BCUT2D eigenvalue weighted by Gasteiger charge is -2.26. The van der Waals surface area contributed by atoms with Crippen LogP contribution in [0.25, 0.3) is 0 Å². The highest BCUT2D eigenvalue weighted by Gasteiger charge is 2.46. The first-order chi connectivity index (χ1) is 7.83. The van der Waals surface area contributed by atoms with Crippen molar-refractivity contribution in [2.75, 3.05) is 33.7 Å². The number of methoxy groups -OCH3 is 1. The van der Waals surface area contributed by atoms with Crippen LogP contribution in [-0.2, 0) is 14.2 Å². The van der Waals surface area contributed by atoms with Gasteiger partial charge < -0.3 is 19.3 Å². The third-order valence-electron chi connectivity index (χ3n) is 3.95. The van der Waals surface area contributed by atoms with E-state index in [1.54, 1.807) is 7.11 Å². The van der Waals surface area contributed by atoms with Gasteiger partial charge in [0.15, 0.2) is 0 Å². The smallest absolute Gasteiger partial charge is 0.146 e. The van der Waals surface area contributed by atoms with Crippen molar-refractivity contribution in [3.05, 3.63) is 0 Å². The fourth-order valence-electron chi connectivity index (χ4n) is 3.06. The normalized spacial score (nSPS) is 37.1. The van der Waals surface area contributed by atoms with Crippen molar-refractivity contribution in [1.29, 1.82) is 0 Å². The van der Waals surface area contributed by atoms with Crippen molar-refractivity contribution in [2.45, 2.75) is 25.4 Å². The van der Waals surface area contributed by atoms with E-state index in [0.29, 0.717) is 44.4 Å². The summed E-state index contributed by atoms with van der Waals surface area (Å²) < 4.78 is 15.5. The standard InChI is InChI=1S/C12H22O4/c1-14-4-5-15-8-16-7-11-9-2-3-10(6-9)12(11)13/h9-13H,2-8H2,1H3/t9-,10+,11-,12+/m1/s1. The maximum atomic E-state index is 9.98. The van der Waals surface area contributed by atoms with E-state index in [1.807, 2.05) is 0 Å². The molecular weight excluding hydrogens is 208 g/mol. The summed E-state index contributed by atoms with van der Waals surface area (Å²) in [7, 11) is 1.65. The van der Waals surface area contributed by atoms with Gasteiger partial charge in [-0.05, 0) is 31.1 Å². The van der Waals surface area contributed by atoms with E-state index in [9.17, 15) is 5.11 Å². The van der Waals surface area contributed by atoms with Gasteiger partial charge in [-0.3, -0.25) is 0 Å². The molecule has 0 amide bonds. The van der Waals surface area contributed by atoms with Crippen LogP contribution in [0.5, 0.6) is 0 Å². The topological polar surface area (TPSA) is 47.9 Å². The van der Waals surface area contributed by atoms with Gasteiger partial charge in [0.25, 0.3) is 0 Å². The highest BCUT2D eigenvalue weighted by atomic mass is 16.7. The summed E-state index contributed by atoms with van der Waals surface area (Å²) in [5.74, 6) is 1.55. The first-order valence-electron chi connectivity index (χ1n) is 6.15. The third-order valence-corrected chi connectivity index (χ3v) is 3.95. The molecule has 0 aromatic carbocycles. The molecule has 1 N–H and O–H groups in total. The average molecular weight is 230 g/mol. The molecule has 94 valence electrons. The molecule has 2 aliphatic carbocycles. The van der Waals surface area contributed by atoms with Crippen LogP contribution >= 0.6 is 0 Å². The van der Waals surface area contributed by atoms with E-state index in [4.69, 9.17) is 14.2 Å². The van der Waals surface area contributed by atoms with Gasteiger partial charge in [-0.25, -0.2) is 0 Å². The fourth-order valence-corrected chi connectivity index (χ4v) is 3.06. The van der Waals surface area contributed by atoms with E-state index in [0.717, 1.165) is 0 Å². The molecule has 4 heteroatoms. The molecule has 0 aliphatic heterocycles. The van der Waals surface area contributed by atoms with Crippen molar-refractivity contribution in [3.8, 4) is 0 Å². The lowest BCUT2D eigenvalue weighted by molar-refractivity contribution is -0.0924. The van der Waals surface area contributed by atoms with Gasteiger partial charge in [0, 0.05) is 13.0 Å². The zero-order valence-electron chi connectivity index (χ0n) is 9.93. The molecule has 0 unspecified atom stereocenters. The van der Waals surface area contributed by atoms with E-state index >= 15 is 0 Å². The minimum absolute atomic E-state index is 0.141. The number of aliphatic hydroxyl groups excluding tert-OH is 1. The molecule has 0 heterocycles. The fraction of sp³-hybridized carbons (Fsp3) is 1.00. The van der Waals surface area contributed by atoms with Gasteiger partial charge in [0.1, 0.15) is 6.79 Å². The Morgan fingerprint density at radius 1 is 1.12 bits per heavy atom. The molecule has 2 rings (SSSR count). The number of rotatable bonds is 7. The van der Waals surface area contributed by atoms with Crippen LogP contribution in [0, 0.1) is 17.8 Å². The molecule has 0 aromatic heterocycles. The van der Waals surface area contributed by atoms with E-state index in [2.05, 4.69) is 0 Å². The maximum Gasteiger partial charge on any atom is 0.146 e. The second-order valence-electron chi connectivity index (χ2n) is 4.88. The summed E-state index contributed by atoms with van der Waals surface area (Å²) in [6.07, 6.45) is 3.52.